The Bertz CT molecular complexity index is 354. The highest BCUT2D eigenvalue weighted by atomic mass is 16.5. The smallest absolute Gasteiger partial charge is 0.0913 e. The summed E-state index contributed by atoms with van der Waals surface area (Å²) in [5.74, 6) is 0. The lowest BCUT2D eigenvalue weighted by Crippen LogP contribution is -1.92. The lowest BCUT2D eigenvalue weighted by atomic mass is 10.2. The van der Waals surface area contributed by atoms with Crippen molar-refractivity contribution in [1.82, 2.24) is 0 Å². The van der Waals surface area contributed by atoms with Gasteiger partial charge in [0.2, 0.25) is 0 Å². The second kappa shape index (κ2) is 9.22. The van der Waals surface area contributed by atoms with E-state index in [1.165, 1.54) is 11.8 Å². The lowest BCUT2D eigenvalue weighted by Gasteiger charge is -1.99. The van der Waals surface area contributed by atoms with Gasteiger partial charge in [-0.15, -0.1) is 0 Å². The summed E-state index contributed by atoms with van der Waals surface area (Å²) in [5.41, 5.74) is 1.30. The second-order valence-electron chi connectivity index (χ2n) is 3.43. The molecule has 0 saturated heterocycles. The highest BCUT2D eigenvalue weighted by Crippen LogP contribution is 1.99. The molecule has 88 valence electrons. The zero-order valence-electron chi connectivity index (χ0n) is 9.96. The van der Waals surface area contributed by atoms with Gasteiger partial charge in [-0.1, -0.05) is 73.3 Å². The third-order valence-electron chi connectivity index (χ3n) is 2.14. The van der Waals surface area contributed by atoms with Crippen LogP contribution >= 0.6 is 0 Å². The van der Waals surface area contributed by atoms with Crippen LogP contribution in [-0.4, -0.2) is 6.61 Å². The SMILES string of the molecule is C=COCCc1ccccc1.c1ccccc1. The molecule has 0 aliphatic rings. The first-order valence-corrected chi connectivity index (χ1v) is 5.70. The summed E-state index contributed by atoms with van der Waals surface area (Å²) in [6.07, 6.45) is 2.43. The van der Waals surface area contributed by atoms with E-state index in [9.17, 15) is 0 Å². The van der Waals surface area contributed by atoms with Crippen LogP contribution in [0.1, 0.15) is 5.56 Å². The van der Waals surface area contributed by atoms with Crippen molar-refractivity contribution in [2.45, 2.75) is 6.42 Å². The molecule has 2 aromatic carbocycles. The summed E-state index contributed by atoms with van der Waals surface area (Å²) in [6.45, 7) is 4.19. The van der Waals surface area contributed by atoms with Crippen molar-refractivity contribution >= 4 is 0 Å². The van der Waals surface area contributed by atoms with Crippen LogP contribution < -0.4 is 0 Å². The van der Waals surface area contributed by atoms with Crippen molar-refractivity contribution in [3.05, 3.63) is 85.1 Å². The van der Waals surface area contributed by atoms with Crippen molar-refractivity contribution in [3.8, 4) is 0 Å². The van der Waals surface area contributed by atoms with Gasteiger partial charge in [0.25, 0.3) is 0 Å². The standard InChI is InChI=1S/C10H12O.C6H6/c1-2-11-9-8-10-6-4-3-5-7-10;1-2-4-6-5-3-1/h2-7H,1,8-9H2;1-6H. The van der Waals surface area contributed by atoms with E-state index in [0.29, 0.717) is 6.61 Å². The number of hydrogen-bond acceptors (Lipinski definition) is 1. The molecule has 0 bridgehead atoms. The highest BCUT2D eigenvalue weighted by Gasteiger charge is 1.88. The Labute approximate surface area is 103 Å². The van der Waals surface area contributed by atoms with E-state index >= 15 is 0 Å². The van der Waals surface area contributed by atoms with Crippen LogP contribution in [-0.2, 0) is 11.2 Å². The van der Waals surface area contributed by atoms with E-state index < -0.39 is 0 Å². The number of rotatable bonds is 4. The monoisotopic (exact) mass is 226 g/mol. The molecule has 0 fully saturated rings. The normalized spacial score (nSPS) is 8.71. The van der Waals surface area contributed by atoms with E-state index in [1.54, 1.807) is 0 Å². The van der Waals surface area contributed by atoms with E-state index in [1.807, 2.05) is 54.6 Å². The minimum atomic E-state index is 0.716. The summed E-state index contributed by atoms with van der Waals surface area (Å²) in [4.78, 5) is 0. The van der Waals surface area contributed by atoms with E-state index in [2.05, 4.69) is 18.7 Å². The van der Waals surface area contributed by atoms with Crippen LogP contribution in [0.3, 0.4) is 0 Å². The van der Waals surface area contributed by atoms with Gasteiger partial charge in [-0.2, -0.15) is 0 Å². The van der Waals surface area contributed by atoms with Crippen molar-refractivity contribution in [2.75, 3.05) is 6.61 Å². The maximum Gasteiger partial charge on any atom is 0.0913 e. The van der Waals surface area contributed by atoms with E-state index in [4.69, 9.17) is 4.74 Å². The molecule has 0 N–H and O–H groups in total. The van der Waals surface area contributed by atoms with Gasteiger partial charge in [0.15, 0.2) is 0 Å². The minimum Gasteiger partial charge on any atom is -0.501 e. The predicted molar refractivity (Wildman–Crippen MR) is 72.7 cm³/mol. The predicted octanol–water partition coefficient (Wildman–Crippen LogP) is 4.08. The molecule has 0 amide bonds. The summed E-state index contributed by atoms with van der Waals surface area (Å²) in [7, 11) is 0. The molecule has 0 atom stereocenters. The molecule has 0 radical (unpaired) electrons. The first-order chi connectivity index (χ1) is 8.43. The Morgan fingerprint density at radius 2 is 1.29 bits per heavy atom. The molecule has 0 heterocycles. The van der Waals surface area contributed by atoms with Crippen LogP contribution in [0.15, 0.2) is 79.6 Å². The van der Waals surface area contributed by atoms with Gasteiger partial charge in [0.1, 0.15) is 0 Å². The zero-order chi connectivity index (χ0) is 12.2. The summed E-state index contributed by atoms with van der Waals surface area (Å²) < 4.78 is 5.00. The van der Waals surface area contributed by atoms with Crippen LogP contribution in [0.25, 0.3) is 0 Å². The van der Waals surface area contributed by atoms with Crippen molar-refractivity contribution in [3.63, 3.8) is 0 Å². The van der Waals surface area contributed by atoms with Gasteiger partial charge >= 0.3 is 0 Å². The number of benzene rings is 2. The molecule has 1 nitrogen and oxygen atoms in total. The van der Waals surface area contributed by atoms with Crippen molar-refractivity contribution in [1.29, 1.82) is 0 Å². The molecular formula is C16H18O. The fraction of sp³-hybridized carbons (Fsp3) is 0.125. The zero-order valence-corrected chi connectivity index (χ0v) is 9.96. The van der Waals surface area contributed by atoms with Gasteiger partial charge in [-0.3, -0.25) is 0 Å². The molecule has 0 unspecified atom stereocenters. The van der Waals surface area contributed by atoms with Crippen LogP contribution in [0.2, 0.25) is 0 Å². The van der Waals surface area contributed by atoms with Crippen LogP contribution in [0.5, 0.6) is 0 Å². The van der Waals surface area contributed by atoms with Gasteiger partial charge in [-0.05, 0) is 5.56 Å². The topological polar surface area (TPSA) is 9.23 Å². The highest BCUT2D eigenvalue weighted by molar-refractivity contribution is 5.14. The number of hydrogen-bond donors (Lipinski definition) is 0. The fourth-order valence-corrected chi connectivity index (χ4v) is 1.29. The molecule has 0 aliphatic carbocycles. The largest absolute Gasteiger partial charge is 0.501 e. The summed E-state index contributed by atoms with van der Waals surface area (Å²) in [6, 6.07) is 22.3. The van der Waals surface area contributed by atoms with Crippen LogP contribution in [0, 0.1) is 0 Å². The summed E-state index contributed by atoms with van der Waals surface area (Å²) in [5, 5.41) is 0. The van der Waals surface area contributed by atoms with Gasteiger partial charge in [0, 0.05) is 6.42 Å². The quantitative estimate of drug-likeness (QED) is 0.564. The molecule has 0 spiro atoms. The van der Waals surface area contributed by atoms with Gasteiger partial charge < -0.3 is 4.74 Å². The van der Waals surface area contributed by atoms with Crippen molar-refractivity contribution in [2.24, 2.45) is 0 Å². The first-order valence-electron chi connectivity index (χ1n) is 5.70. The Hall–Kier alpha value is -2.02. The molecule has 17 heavy (non-hydrogen) atoms. The van der Waals surface area contributed by atoms with Gasteiger partial charge in [-0.25, -0.2) is 0 Å². The van der Waals surface area contributed by atoms with Gasteiger partial charge in [0.05, 0.1) is 12.9 Å². The molecule has 1 heteroatoms. The summed E-state index contributed by atoms with van der Waals surface area (Å²) >= 11 is 0. The Kier molecular flexibility index (Phi) is 7.08. The Balaban J connectivity index is 0.000000202. The molecule has 0 saturated carbocycles. The molecular weight excluding hydrogens is 208 g/mol. The van der Waals surface area contributed by atoms with E-state index in [-0.39, 0.29) is 0 Å². The molecule has 2 aromatic rings. The van der Waals surface area contributed by atoms with Crippen molar-refractivity contribution < 1.29 is 4.74 Å². The fourth-order valence-electron chi connectivity index (χ4n) is 1.29. The van der Waals surface area contributed by atoms with E-state index in [0.717, 1.165) is 6.42 Å². The molecule has 0 aromatic heterocycles. The number of ether oxygens (including phenoxy) is 1. The maximum absolute atomic E-state index is 5.00. The second-order valence-corrected chi connectivity index (χ2v) is 3.43. The Morgan fingerprint density at radius 1 is 0.824 bits per heavy atom. The third-order valence-corrected chi connectivity index (χ3v) is 2.14. The minimum absolute atomic E-state index is 0.716. The first kappa shape index (κ1) is 13.0. The molecule has 2 rings (SSSR count). The average molecular weight is 226 g/mol. The Morgan fingerprint density at radius 3 is 1.76 bits per heavy atom. The lowest BCUT2D eigenvalue weighted by molar-refractivity contribution is 0.255. The average Bonchev–Trinajstić information content (AvgIpc) is 2.43. The molecule has 0 aliphatic heterocycles. The third kappa shape index (κ3) is 6.96. The maximum atomic E-state index is 5.00. The van der Waals surface area contributed by atoms with Crippen LogP contribution in [0.4, 0.5) is 0 Å².